The summed E-state index contributed by atoms with van der Waals surface area (Å²) >= 11 is 12.4. The van der Waals surface area contributed by atoms with Crippen LogP contribution in [0.2, 0.25) is 10.0 Å². The molecule has 0 radical (unpaired) electrons. The molecule has 0 bridgehead atoms. The van der Waals surface area contributed by atoms with Gasteiger partial charge < -0.3 is 10.1 Å². The van der Waals surface area contributed by atoms with Crippen molar-refractivity contribution >= 4 is 29.3 Å². The summed E-state index contributed by atoms with van der Waals surface area (Å²) in [5, 5.41) is 15.0. The summed E-state index contributed by atoms with van der Waals surface area (Å²) in [7, 11) is 0. The van der Waals surface area contributed by atoms with Crippen LogP contribution in [0.5, 0.6) is 5.75 Å². The molecule has 0 aliphatic rings. The van der Waals surface area contributed by atoms with Gasteiger partial charge in [0.25, 0.3) is 0 Å². The average Bonchev–Trinajstić information content (AvgIpc) is 3.29. The van der Waals surface area contributed by atoms with Crippen molar-refractivity contribution in [3.63, 3.8) is 0 Å². The fourth-order valence-electron chi connectivity index (χ4n) is 2.96. The van der Waals surface area contributed by atoms with Crippen molar-refractivity contribution in [1.29, 1.82) is 0 Å². The Balaban J connectivity index is 1.63. The molecule has 8 nitrogen and oxygen atoms in total. The molecular weight excluding hydrogens is 439 g/mol. The Labute approximate surface area is 187 Å². The fraction of sp³-hybridized carbons (Fsp3) is 0.0952. The number of halogens is 2. The summed E-state index contributed by atoms with van der Waals surface area (Å²) in [4.78, 5) is 16.6. The standard InChI is InChI=1S/C21H16Cl2N6O2/c1-13(14-3-2-6-24-11-14)26-21(30)31-18-8-15(19-5-4-16(22)9-20(19)23)7-17(10-18)29-12-25-27-28-29/h2-13H,1H3,(H,26,30). The van der Waals surface area contributed by atoms with Crippen molar-refractivity contribution in [1.82, 2.24) is 30.5 Å². The van der Waals surface area contributed by atoms with Crippen molar-refractivity contribution in [3.8, 4) is 22.6 Å². The smallest absolute Gasteiger partial charge is 0.410 e. The van der Waals surface area contributed by atoms with Crippen LogP contribution in [-0.4, -0.2) is 31.3 Å². The first-order valence-electron chi connectivity index (χ1n) is 9.22. The highest BCUT2D eigenvalue weighted by Gasteiger charge is 2.15. The average molecular weight is 455 g/mol. The van der Waals surface area contributed by atoms with Crippen LogP contribution in [-0.2, 0) is 0 Å². The molecule has 156 valence electrons. The molecular formula is C21H16Cl2N6O2. The van der Waals surface area contributed by atoms with Crippen LogP contribution in [0.1, 0.15) is 18.5 Å². The molecule has 0 saturated heterocycles. The van der Waals surface area contributed by atoms with E-state index < -0.39 is 6.09 Å². The monoisotopic (exact) mass is 454 g/mol. The highest BCUT2D eigenvalue weighted by Crippen LogP contribution is 2.34. The molecule has 1 atom stereocenters. The predicted octanol–water partition coefficient (Wildman–Crippen LogP) is 4.88. The lowest BCUT2D eigenvalue weighted by atomic mass is 10.0. The maximum atomic E-state index is 12.5. The molecule has 31 heavy (non-hydrogen) atoms. The summed E-state index contributed by atoms with van der Waals surface area (Å²) in [6, 6.07) is 13.7. The Kier molecular flexibility index (Phi) is 6.11. The van der Waals surface area contributed by atoms with E-state index in [4.69, 9.17) is 27.9 Å². The number of aromatic nitrogens is 5. The van der Waals surface area contributed by atoms with Crippen LogP contribution >= 0.6 is 23.2 Å². The molecule has 0 aliphatic heterocycles. The van der Waals surface area contributed by atoms with E-state index in [2.05, 4.69) is 25.8 Å². The number of hydrogen-bond acceptors (Lipinski definition) is 6. The van der Waals surface area contributed by atoms with Crippen molar-refractivity contribution in [2.24, 2.45) is 0 Å². The number of benzene rings is 2. The van der Waals surface area contributed by atoms with Gasteiger partial charge in [0.2, 0.25) is 0 Å². The Morgan fingerprint density at radius 3 is 2.74 bits per heavy atom. The van der Waals surface area contributed by atoms with Crippen LogP contribution in [0.4, 0.5) is 4.79 Å². The summed E-state index contributed by atoms with van der Waals surface area (Å²) in [6.07, 6.45) is 4.18. The number of nitrogens with zero attached hydrogens (tertiary/aromatic N) is 5. The van der Waals surface area contributed by atoms with E-state index in [-0.39, 0.29) is 6.04 Å². The maximum Gasteiger partial charge on any atom is 0.413 e. The van der Waals surface area contributed by atoms with Gasteiger partial charge in [-0.1, -0.05) is 35.3 Å². The highest BCUT2D eigenvalue weighted by atomic mass is 35.5. The molecule has 0 aliphatic carbocycles. The minimum Gasteiger partial charge on any atom is -0.410 e. The van der Waals surface area contributed by atoms with Gasteiger partial charge in [-0.2, -0.15) is 0 Å². The zero-order valence-corrected chi connectivity index (χ0v) is 17.7. The van der Waals surface area contributed by atoms with E-state index in [1.54, 1.807) is 48.8 Å². The van der Waals surface area contributed by atoms with Gasteiger partial charge in [0.05, 0.1) is 11.7 Å². The van der Waals surface area contributed by atoms with Crippen LogP contribution in [0.15, 0.2) is 67.3 Å². The molecule has 4 aromatic rings. The van der Waals surface area contributed by atoms with E-state index in [9.17, 15) is 4.79 Å². The molecule has 1 unspecified atom stereocenters. The number of tetrazole rings is 1. The first-order chi connectivity index (χ1) is 15.0. The molecule has 2 aromatic carbocycles. The van der Waals surface area contributed by atoms with Crippen LogP contribution < -0.4 is 10.1 Å². The minimum atomic E-state index is -0.613. The summed E-state index contributed by atoms with van der Waals surface area (Å²) in [5.41, 5.74) is 2.87. The SMILES string of the molecule is CC(NC(=O)Oc1cc(-c2ccc(Cl)cc2Cl)cc(-n2cnnn2)c1)c1cccnc1. The molecule has 1 N–H and O–H groups in total. The second kappa shape index (κ2) is 9.11. The zero-order chi connectivity index (χ0) is 21.8. The van der Waals surface area contributed by atoms with Crippen molar-refractivity contribution in [3.05, 3.63) is 82.9 Å². The van der Waals surface area contributed by atoms with E-state index >= 15 is 0 Å². The minimum absolute atomic E-state index is 0.283. The number of ether oxygens (including phenoxy) is 1. The second-order valence-electron chi connectivity index (χ2n) is 6.64. The van der Waals surface area contributed by atoms with Gasteiger partial charge in [0.1, 0.15) is 12.1 Å². The van der Waals surface area contributed by atoms with Gasteiger partial charge in [0, 0.05) is 34.1 Å². The van der Waals surface area contributed by atoms with Gasteiger partial charge in [-0.15, -0.1) is 5.10 Å². The lowest BCUT2D eigenvalue weighted by Gasteiger charge is -2.15. The molecule has 2 aromatic heterocycles. The molecule has 0 fully saturated rings. The third-order valence-electron chi connectivity index (χ3n) is 4.48. The quantitative estimate of drug-likeness (QED) is 0.461. The van der Waals surface area contributed by atoms with Gasteiger partial charge >= 0.3 is 6.09 Å². The van der Waals surface area contributed by atoms with Crippen molar-refractivity contribution in [2.75, 3.05) is 0 Å². The number of hydrogen-bond donors (Lipinski definition) is 1. The van der Waals surface area contributed by atoms with Gasteiger partial charge in [-0.3, -0.25) is 4.98 Å². The Morgan fingerprint density at radius 2 is 2.03 bits per heavy atom. The number of amides is 1. The molecule has 2 heterocycles. The van der Waals surface area contributed by atoms with Gasteiger partial charge in [-0.05, 0) is 58.8 Å². The van der Waals surface area contributed by atoms with E-state index in [0.717, 1.165) is 11.1 Å². The second-order valence-corrected chi connectivity index (χ2v) is 7.48. The third-order valence-corrected chi connectivity index (χ3v) is 5.02. The largest absolute Gasteiger partial charge is 0.413 e. The topological polar surface area (TPSA) is 94.8 Å². The highest BCUT2D eigenvalue weighted by molar-refractivity contribution is 6.36. The van der Waals surface area contributed by atoms with Crippen LogP contribution in [0, 0.1) is 0 Å². The predicted molar refractivity (Wildman–Crippen MR) is 116 cm³/mol. The molecule has 0 saturated carbocycles. The van der Waals surface area contributed by atoms with Crippen LogP contribution in [0.25, 0.3) is 16.8 Å². The molecule has 4 rings (SSSR count). The van der Waals surface area contributed by atoms with E-state index in [1.807, 2.05) is 19.1 Å². The van der Waals surface area contributed by atoms with E-state index in [0.29, 0.717) is 27.0 Å². The number of carbonyl (C=O) groups is 1. The zero-order valence-electron chi connectivity index (χ0n) is 16.2. The lowest BCUT2D eigenvalue weighted by molar-refractivity contribution is 0.197. The Bertz CT molecular complexity index is 1200. The first-order valence-corrected chi connectivity index (χ1v) is 9.97. The maximum absolute atomic E-state index is 12.5. The molecule has 10 heteroatoms. The first kappa shape index (κ1) is 20.8. The molecule has 0 spiro atoms. The van der Waals surface area contributed by atoms with Crippen molar-refractivity contribution in [2.45, 2.75) is 13.0 Å². The van der Waals surface area contributed by atoms with Gasteiger partial charge in [-0.25, -0.2) is 9.48 Å². The number of pyridine rings is 1. The summed E-state index contributed by atoms with van der Waals surface area (Å²) in [5.74, 6) is 0.296. The third kappa shape index (κ3) is 4.99. The Hall–Kier alpha value is -3.49. The fourth-order valence-corrected chi connectivity index (χ4v) is 3.48. The summed E-state index contributed by atoms with van der Waals surface area (Å²) < 4.78 is 7.00. The lowest BCUT2D eigenvalue weighted by Crippen LogP contribution is -2.29. The number of nitrogens with one attached hydrogen (secondary N) is 1. The van der Waals surface area contributed by atoms with Crippen molar-refractivity contribution < 1.29 is 9.53 Å². The number of rotatable bonds is 5. The number of carbonyl (C=O) groups excluding carboxylic acids is 1. The normalized spacial score (nSPS) is 11.7. The molecule has 1 amide bonds. The van der Waals surface area contributed by atoms with E-state index in [1.165, 1.54) is 11.0 Å². The van der Waals surface area contributed by atoms with Gasteiger partial charge in [0.15, 0.2) is 0 Å². The van der Waals surface area contributed by atoms with Crippen LogP contribution in [0.3, 0.4) is 0 Å². The summed E-state index contributed by atoms with van der Waals surface area (Å²) in [6.45, 7) is 1.84. The Morgan fingerprint density at radius 1 is 1.16 bits per heavy atom.